The molecule has 0 aromatic carbocycles. The van der Waals surface area contributed by atoms with Gasteiger partial charge in [-0.2, -0.15) is 0 Å². The van der Waals surface area contributed by atoms with Gasteiger partial charge in [-0.1, -0.05) is 0 Å². The molecule has 1 aliphatic heterocycles. The van der Waals surface area contributed by atoms with E-state index in [1.807, 2.05) is 4.90 Å². The van der Waals surface area contributed by atoms with E-state index >= 15 is 0 Å². The fraction of sp³-hybridized carbons (Fsp3) is 0.765. The molecule has 29 heavy (non-hydrogen) atoms. The maximum atomic E-state index is 11.8. The van der Waals surface area contributed by atoms with Crippen molar-refractivity contribution in [2.24, 2.45) is 0 Å². The van der Waals surface area contributed by atoms with Crippen LogP contribution in [0.1, 0.15) is 0 Å². The molecule has 1 rings (SSSR count). The van der Waals surface area contributed by atoms with Crippen molar-refractivity contribution >= 4 is 31.5 Å². The van der Waals surface area contributed by atoms with Crippen LogP contribution in [0.4, 0.5) is 0 Å². The molecule has 1 fully saturated rings. The first-order valence-corrected chi connectivity index (χ1v) is 9.46. The molecule has 162 valence electrons. The summed E-state index contributed by atoms with van der Waals surface area (Å²) in [6, 6.07) is 0. The lowest BCUT2D eigenvalue weighted by molar-refractivity contribution is -0.140. The molecule has 0 atom stereocenters. The second-order valence-electron chi connectivity index (χ2n) is 7.03. The van der Waals surface area contributed by atoms with Crippen molar-refractivity contribution in [3.05, 3.63) is 0 Å². The van der Waals surface area contributed by atoms with Crippen LogP contribution in [0.15, 0.2) is 0 Å². The zero-order chi connectivity index (χ0) is 21.8. The molecule has 12 heteroatoms. The maximum absolute atomic E-state index is 11.8. The van der Waals surface area contributed by atoms with Gasteiger partial charge in [0.15, 0.2) is 0 Å². The van der Waals surface area contributed by atoms with E-state index in [0.717, 1.165) is 0 Å². The average Bonchev–Trinajstić information content (AvgIpc) is 2.62. The summed E-state index contributed by atoms with van der Waals surface area (Å²) in [7, 11) is 5.40. The van der Waals surface area contributed by atoms with Crippen LogP contribution in [0.5, 0.6) is 0 Å². The van der Waals surface area contributed by atoms with E-state index in [0.29, 0.717) is 52.4 Å². The molecule has 0 aromatic heterocycles. The predicted octanol–water partition coefficient (Wildman–Crippen LogP) is -2.38. The SMILES string of the molecule is [B]CC(=O)CN1CCN(CC(=O)O)CCN(CC(=O)O)CCN(CC(=O)O)CC1. The zero-order valence-corrected chi connectivity index (χ0v) is 16.5. The van der Waals surface area contributed by atoms with Gasteiger partial charge in [-0.05, 0) is 6.32 Å². The van der Waals surface area contributed by atoms with E-state index in [1.54, 1.807) is 14.7 Å². The van der Waals surface area contributed by atoms with Crippen LogP contribution in [-0.4, -0.2) is 145 Å². The third kappa shape index (κ3) is 11.5. The van der Waals surface area contributed by atoms with Crippen LogP contribution in [0.2, 0.25) is 6.32 Å². The standard InChI is InChI=1S/C17H29BN4O7/c18-9-14(23)10-19-1-3-20(11-15(24)25)5-7-22(13-17(28)29)8-6-21(4-2-19)12-16(26)27/h1-13H2,(H,24,25)(H,26,27)(H,28,29). The number of carboxylic acids is 3. The molecule has 0 bridgehead atoms. The number of carbonyl (C=O) groups is 4. The lowest BCUT2D eigenvalue weighted by Crippen LogP contribution is -2.49. The quantitative estimate of drug-likeness (QED) is 0.350. The number of nitrogens with zero attached hydrogens (tertiary/aromatic N) is 4. The first-order valence-electron chi connectivity index (χ1n) is 9.46. The Balaban J connectivity index is 2.92. The van der Waals surface area contributed by atoms with Gasteiger partial charge in [-0.15, -0.1) is 0 Å². The first kappa shape index (κ1) is 25.0. The van der Waals surface area contributed by atoms with E-state index in [2.05, 4.69) is 0 Å². The Morgan fingerprint density at radius 1 is 0.552 bits per heavy atom. The van der Waals surface area contributed by atoms with Gasteiger partial charge in [0.2, 0.25) is 0 Å². The van der Waals surface area contributed by atoms with Crippen molar-refractivity contribution in [2.75, 3.05) is 78.5 Å². The highest BCUT2D eigenvalue weighted by Gasteiger charge is 2.20. The van der Waals surface area contributed by atoms with Gasteiger partial charge in [0.05, 0.1) is 34.0 Å². The number of hydrogen-bond donors (Lipinski definition) is 3. The van der Waals surface area contributed by atoms with Crippen molar-refractivity contribution < 1.29 is 34.5 Å². The van der Waals surface area contributed by atoms with Crippen LogP contribution in [0.25, 0.3) is 0 Å². The number of rotatable bonds is 9. The summed E-state index contributed by atoms with van der Waals surface area (Å²) in [6.07, 6.45) is -0.0989. The fourth-order valence-corrected chi connectivity index (χ4v) is 3.10. The summed E-state index contributed by atoms with van der Waals surface area (Å²) in [5, 5.41) is 27.4. The molecule has 0 aromatic rings. The summed E-state index contributed by atoms with van der Waals surface area (Å²) in [5.74, 6) is -3.13. The van der Waals surface area contributed by atoms with Crippen LogP contribution in [0.3, 0.4) is 0 Å². The van der Waals surface area contributed by atoms with Crippen molar-refractivity contribution in [3.8, 4) is 0 Å². The molecule has 0 saturated carbocycles. The zero-order valence-electron chi connectivity index (χ0n) is 16.5. The number of ketones is 1. The Morgan fingerprint density at radius 3 is 1.00 bits per heavy atom. The van der Waals surface area contributed by atoms with Gasteiger partial charge < -0.3 is 15.3 Å². The second-order valence-corrected chi connectivity index (χ2v) is 7.03. The predicted molar refractivity (Wildman–Crippen MR) is 104 cm³/mol. The molecule has 1 heterocycles. The van der Waals surface area contributed by atoms with E-state index in [9.17, 15) is 19.2 Å². The van der Waals surface area contributed by atoms with Gasteiger partial charge in [0.25, 0.3) is 0 Å². The van der Waals surface area contributed by atoms with E-state index in [1.165, 1.54) is 0 Å². The van der Waals surface area contributed by atoms with Crippen LogP contribution >= 0.6 is 0 Å². The highest BCUT2D eigenvalue weighted by Crippen LogP contribution is 2.02. The minimum Gasteiger partial charge on any atom is -0.480 e. The maximum Gasteiger partial charge on any atom is 0.317 e. The second kappa shape index (κ2) is 13.3. The molecule has 0 aliphatic carbocycles. The van der Waals surface area contributed by atoms with Gasteiger partial charge in [-0.25, -0.2) is 0 Å². The molecule has 3 N–H and O–H groups in total. The smallest absolute Gasteiger partial charge is 0.317 e. The van der Waals surface area contributed by atoms with E-state index in [4.69, 9.17) is 23.2 Å². The lowest BCUT2D eigenvalue weighted by Gasteiger charge is -2.32. The van der Waals surface area contributed by atoms with Gasteiger partial charge in [0.1, 0.15) is 5.78 Å². The minimum absolute atomic E-state index is 0.0989. The molecule has 2 radical (unpaired) electrons. The van der Waals surface area contributed by atoms with Crippen molar-refractivity contribution in [1.29, 1.82) is 0 Å². The highest BCUT2D eigenvalue weighted by molar-refractivity contribution is 6.20. The number of aliphatic carboxylic acids is 3. The Kier molecular flexibility index (Phi) is 11.4. The molecular weight excluding hydrogens is 383 g/mol. The molecule has 0 spiro atoms. The summed E-state index contributed by atoms with van der Waals surface area (Å²) in [5.41, 5.74) is 0. The van der Waals surface area contributed by atoms with Gasteiger partial charge in [0, 0.05) is 52.4 Å². The third-order valence-electron chi connectivity index (χ3n) is 4.63. The first-order chi connectivity index (χ1) is 13.7. The number of carbonyl (C=O) groups excluding carboxylic acids is 1. The summed E-state index contributed by atoms with van der Waals surface area (Å²) in [4.78, 5) is 52.1. The van der Waals surface area contributed by atoms with Crippen LogP contribution in [0, 0.1) is 0 Å². The lowest BCUT2D eigenvalue weighted by atomic mass is 10.0. The monoisotopic (exact) mass is 412 g/mol. The Morgan fingerprint density at radius 2 is 0.793 bits per heavy atom. The molecular formula is C17H29BN4O7. The summed E-state index contributed by atoms with van der Waals surface area (Å²) in [6.45, 7) is 2.47. The third-order valence-corrected chi connectivity index (χ3v) is 4.63. The number of hydrogen-bond acceptors (Lipinski definition) is 8. The van der Waals surface area contributed by atoms with Gasteiger partial charge >= 0.3 is 17.9 Å². The fourth-order valence-electron chi connectivity index (χ4n) is 3.10. The highest BCUT2D eigenvalue weighted by atomic mass is 16.4. The average molecular weight is 412 g/mol. The Bertz CT molecular complexity index is 546. The van der Waals surface area contributed by atoms with Crippen molar-refractivity contribution in [2.45, 2.75) is 6.32 Å². The summed E-state index contributed by atoms with van der Waals surface area (Å²) >= 11 is 0. The van der Waals surface area contributed by atoms with Crippen molar-refractivity contribution in [3.63, 3.8) is 0 Å². The minimum atomic E-state index is -1.00. The summed E-state index contributed by atoms with van der Waals surface area (Å²) < 4.78 is 0. The normalized spacial score (nSPS) is 19.2. The Labute approximate surface area is 171 Å². The largest absolute Gasteiger partial charge is 0.480 e. The van der Waals surface area contributed by atoms with Crippen LogP contribution < -0.4 is 0 Å². The van der Waals surface area contributed by atoms with E-state index < -0.39 is 17.9 Å². The molecule has 11 nitrogen and oxygen atoms in total. The number of carboxylic acid groups (broad SMARTS) is 3. The van der Waals surface area contributed by atoms with E-state index in [-0.39, 0.29) is 38.3 Å². The molecule has 0 unspecified atom stereocenters. The molecule has 1 aliphatic rings. The topological polar surface area (TPSA) is 142 Å². The number of Topliss-reactive ketones (excluding diaryl/α,β-unsaturated/α-hetero) is 1. The molecule has 1 saturated heterocycles. The van der Waals surface area contributed by atoms with Crippen LogP contribution in [-0.2, 0) is 19.2 Å². The Hall–Kier alpha value is -2.02. The van der Waals surface area contributed by atoms with Crippen molar-refractivity contribution in [1.82, 2.24) is 19.6 Å². The van der Waals surface area contributed by atoms with Gasteiger partial charge in [-0.3, -0.25) is 38.8 Å². The molecule has 0 amide bonds.